The maximum absolute atomic E-state index is 5.32. The van der Waals surface area contributed by atoms with Crippen LogP contribution in [0.4, 0.5) is 0 Å². The first-order valence-corrected chi connectivity index (χ1v) is 3.94. The highest BCUT2D eigenvalue weighted by molar-refractivity contribution is 5.56. The van der Waals surface area contributed by atoms with Gasteiger partial charge in [0.05, 0.1) is 6.10 Å². The van der Waals surface area contributed by atoms with Crippen LogP contribution >= 0.6 is 0 Å². The van der Waals surface area contributed by atoms with Crippen molar-refractivity contribution in [3.05, 3.63) is 0 Å². The molecule has 0 N–H and O–H groups in total. The van der Waals surface area contributed by atoms with Crippen LogP contribution in [0.5, 0.6) is 0 Å². The zero-order chi connectivity index (χ0) is 8.53. The van der Waals surface area contributed by atoms with Crippen molar-refractivity contribution in [1.82, 2.24) is 0 Å². The van der Waals surface area contributed by atoms with Gasteiger partial charge in [0.25, 0.3) is 0 Å². The summed E-state index contributed by atoms with van der Waals surface area (Å²) in [6, 6.07) is 0. The van der Waals surface area contributed by atoms with Crippen LogP contribution in [0.15, 0.2) is 5.16 Å². The van der Waals surface area contributed by atoms with Crippen LogP contribution in [-0.2, 0) is 9.57 Å². The summed E-state index contributed by atoms with van der Waals surface area (Å²) >= 11 is 0. The molecule has 0 heterocycles. The predicted molar refractivity (Wildman–Crippen MR) is 45.8 cm³/mol. The van der Waals surface area contributed by atoms with E-state index in [1.165, 1.54) is 0 Å². The Hall–Kier alpha value is -0.570. The lowest BCUT2D eigenvalue weighted by Crippen LogP contribution is -2.03. The summed E-state index contributed by atoms with van der Waals surface area (Å²) in [6.45, 7) is 4.86. The lowest BCUT2D eigenvalue weighted by molar-refractivity contribution is 0.0780. The fourth-order valence-corrected chi connectivity index (χ4v) is 0.621. The van der Waals surface area contributed by atoms with Crippen LogP contribution in [0, 0.1) is 0 Å². The molecular weight excluding hydrogens is 142 g/mol. The summed E-state index contributed by atoms with van der Waals surface area (Å²) in [5.41, 5.74) is 0. The molecule has 0 radical (unpaired) electrons. The molecule has 0 amide bonds. The maximum atomic E-state index is 5.32. The molecule has 0 bridgehead atoms. The molecule has 3 heteroatoms. The van der Waals surface area contributed by atoms with Gasteiger partial charge in [0.1, 0.15) is 7.11 Å². The Morgan fingerprint density at radius 2 is 2.18 bits per heavy atom. The average molecular weight is 159 g/mol. The van der Waals surface area contributed by atoms with Crippen molar-refractivity contribution in [3.63, 3.8) is 0 Å². The van der Waals surface area contributed by atoms with E-state index in [-0.39, 0.29) is 0 Å². The number of oxime groups is 1. The van der Waals surface area contributed by atoms with Crippen molar-refractivity contribution in [2.24, 2.45) is 5.16 Å². The second-order valence-corrected chi connectivity index (χ2v) is 2.53. The van der Waals surface area contributed by atoms with Crippen LogP contribution in [0.2, 0.25) is 0 Å². The molecule has 0 aromatic rings. The van der Waals surface area contributed by atoms with E-state index in [2.05, 4.69) is 9.99 Å². The normalized spacial score (nSPS) is 11.3. The first-order chi connectivity index (χ1) is 5.27. The van der Waals surface area contributed by atoms with Gasteiger partial charge in [0.15, 0.2) is 0 Å². The minimum atomic E-state index is 0.328. The molecule has 0 aromatic carbocycles. The van der Waals surface area contributed by atoms with Crippen molar-refractivity contribution < 1.29 is 9.57 Å². The number of hydrogen-bond acceptors (Lipinski definition) is 3. The van der Waals surface area contributed by atoms with Crippen LogP contribution in [0.3, 0.4) is 0 Å². The van der Waals surface area contributed by atoms with E-state index in [9.17, 15) is 0 Å². The molecule has 0 saturated heterocycles. The van der Waals surface area contributed by atoms with Crippen molar-refractivity contribution in [2.45, 2.75) is 32.8 Å². The van der Waals surface area contributed by atoms with Gasteiger partial charge in [-0.1, -0.05) is 5.16 Å². The molecule has 0 unspecified atom stereocenters. The second-order valence-electron chi connectivity index (χ2n) is 2.53. The summed E-state index contributed by atoms with van der Waals surface area (Å²) in [5.74, 6) is 0. The standard InChI is InChI=1S/C8H17NO2/c1-8(2)11-7-5-4-6-9-10-3/h6,8H,4-5,7H2,1-3H3/b9-6+. The van der Waals surface area contributed by atoms with E-state index in [1.54, 1.807) is 13.3 Å². The molecule has 0 atom stereocenters. The molecule has 66 valence electrons. The van der Waals surface area contributed by atoms with Crippen molar-refractivity contribution in [3.8, 4) is 0 Å². The highest BCUT2D eigenvalue weighted by Gasteiger charge is 1.90. The average Bonchev–Trinajstić information content (AvgIpc) is 1.96. The Kier molecular flexibility index (Phi) is 7.15. The highest BCUT2D eigenvalue weighted by atomic mass is 16.6. The Bertz CT molecular complexity index is 102. The Morgan fingerprint density at radius 1 is 1.45 bits per heavy atom. The molecule has 0 spiro atoms. The largest absolute Gasteiger partial charge is 0.399 e. The van der Waals surface area contributed by atoms with Gasteiger partial charge < -0.3 is 9.57 Å². The van der Waals surface area contributed by atoms with Gasteiger partial charge in [-0.3, -0.25) is 0 Å². The Labute approximate surface area is 68.4 Å². The van der Waals surface area contributed by atoms with E-state index in [0.717, 1.165) is 19.4 Å². The van der Waals surface area contributed by atoms with E-state index < -0.39 is 0 Å². The van der Waals surface area contributed by atoms with Crippen molar-refractivity contribution >= 4 is 6.21 Å². The van der Waals surface area contributed by atoms with Gasteiger partial charge in [-0.15, -0.1) is 0 Å². The summed E-state index contributed by atoms with van der Waals surface area (Å²) < 4.78 is 5.32. The Morgan fingerprint density at radius 3 is 2.73 bits per heavy atom. The first kappa shape index (κ1) is 10.4. The summed E-state index contributed by atoms with van der Waals surface area (Å²) in [6.07, 6.45) is 4.00. The molecular formula is C8H17NO2. The summed E-state index contributed by atoms with van der Waals surface area (Å²) in [5, 5.41) is 3.61. The van der Waals surface area contributed by atoms with Gasteiger partial charge in [-0.05, 0) is 26.7 Å². The van der Waals surface area contributed by atoms with E-state index in [4.69, 9.17) is 4.74 Å². The number of hydrogen-bond donors (Lipinski definition) is 0. The van der Waals surface area contributed by atoms with Crippen LogP contribution in [0.1, 0.15) is 26.7 Å². The minimum absolute atomic E-state index is 0.328. The molecule has 0 aliphatic carbocycles. The maximum Gasteiger partial charge on any atom is 0.106 e. The van der Waals surface area contributed by atoms with Gasteiger partial charge in [0, 0.05) is 12.8 Å². The van der Waals surface area contributed by atoms with E-state index in [0.29, 0.717) is 6.10 Å². The predicted octanol–water partition coefficient (Wildman–Crippen LogP) is 1.82. The number of rotatable bonds is 6. The monoisotopic (exact) mass is 159 g/mol. The van der Waals surface area contributed by atoms with Crippen molar-refractivity contribution in [1.29, 1.82) is 0 Å². The van der Waals surface area contributed by atoms with Crippen LogP contribution in [-0.4, -0.2) is 26.0 Å². The smallest absolute Gasteiger partial charge is 0.106 e. The Balaban J connectivity index is 2.96. The molecule has 0 saturated carbocycles. The quantitative estimate of drug-likeness (QED) is 0.336. The highest BCUT2D eigenvalue weighted by Crippen LogP contribution is 1.92. The SMILES string of the molecule is CO/N=C/CCCOC(C)C. The molecule has 0 rings (SSSR count). The third-order valence-electron chi connectivity index (χ3n) is 1.11. The van der Waals surface area contributed by atoms with Crippen molar-refractivity contribution in [2.75, 3.05) is 13.7 Å². The zero-order valence-electron chi connectivity index (χ0n) is 7.54. The zero-order valence-corrected chi connectivity index (χ0v) is 7.54. The second kappa shape index (κ2) is 7.54. The summed E-state index contributed by atoms with van der Waals surface area (Å²) in [7, 11) is 1.54. The van der Waals surface area contributed by atoms with Gasteiger partial charge in [-0.2, -0.15) is 0 Å². The fourth-order valence-electron chi connectivity index (χ4n) is 0.621. The topological polar surface area (TPSA) is 30.8 Å². The molecule has 0 aliphatic heterocycles. The number of nitrogens with zero attached hydrogens (tertiary/aromatic N) is 1. The number of ether oxygens (including phenoxy) is 1. The lowest BCUT2D eigenvalue weighted by atomic mass is 10.3. The van der Waals surface area contributed by atoms with Gasteiger partial charge >= 0.3 is 0 Å². The third kappa shape index (κ3) is 9.43. The molecule has 0 aromatic heterocycles. The molecule has 11 heavy (non-hydrogen) atoms. The molecule has 0 fully saturated rings. The summed E-state index contributed by atoms with van der Waals surface area (Å²) in [4.78, 5) is 4.50. The van der Waals surface area contributed by atoms with Crippen LogP contribution < -0.4 is 0 Å². The van der Waals surface area contributed by atoms with Gasteiger partial charge in [0.2, 0.25) is 0 Å². The van der Waals surface area contributed by atoms with Gasteiger partial charge in [-0.25, -0.2) is 0 Å². The van der Waals surface area contributed by atoms with E-state index in [1.807, 2.05) is 13.8 Å². The third-order valence-corrected chi connectivity index (χ3v) is 1.11. The minimum Gasteiger partial charge on any atom is -0.399 e. The van der Waals surface area contributed by atoms with Crippen LogP contribution in [0.25, 0.3) is 0 Å². The fraction of sp³-hybridized carbons (Fsp3) is 0.875. The lowest BCUT2D eigenvalue weighted by Gasteiger charge is -2.04. The number of unbranched alkanes of at least 4 members (excludes halogenated alkanes) is 1. The molecule has 3 nitrogen and oxygen atoms in total. The first-order valence-electron chi connectivity index (χ1n) is 3.94. The van der Waals surface area contributed by atoms with E-state index >= 15 is 0 Å². The molecule has 0 aliphatic rings.